The number of likely N-dealkylation sites (N-methyl/N-ethyl adjacent to an activating group) is 1. The van der Waals surface area contributed by atoms with E-state index in [9.17, 15) is 27.2 Å². The molecule has 6 aromatic rings. The molecule has 0 radical (unpaired) electrons. The summed E-state index contributed by atoms with van der Waals surface area (Å²) in [7, 11) is -2.89. The number of aromatic amines is 1. The van der Waals surface area contributed by atoms with E-state index in [1.165, 1.54) is 11.9 Å². The number of fused-ring (bicyclic) bond motifs is 1. The van der Waals surface area contributed by atoms with Gasteiger partial charge >= 0.3 is 0 Å². The number of hydrogen-bond acceptors (Lipinski definition) is 6. The number of aryl methyl sites for hydroxylation is 2. The first-order chi connectivity index (χ1) is 24.9. The van der Waals surface area contributed by atoms with Gasteiger partial charge in [-0.05, 0) is 95.4 Å². The minimum Gasteiger partial charge on any atom is -0.361 e. The van der Waals surface area contributed by atoms with Gasteiger partial charge in [0.2, 0.25) is 5.91 Å². The molecule has 3 amide bonds. The van der Waals surface area contributed by atoms with E-state index in [4.69, 9.17) is 0 Å². The summed E-state index contributed by atoms with van der Waals surface area (Å²) in [5.41, 5.74) is 6.48. The number of sulfonamides is 1. The minimum atomic E-state index is -4.43. The quantitative estimate of drug-likeness (QED) is 0.131. The van der Waals surface area contributed by atoms with Gasteiger partial charge in [-0.3, -0.25) is 14.4 Å². The molecule has 6 rings (SSSR count). The summed E-state index contributed by atoms with van der Waals surface area (Å²) in [5.74, 6) is -2.67. The van der Waals surface area contributed by atoms with Crippen molar-refractivity contribution >= 4 is 50.0 Å². The molecule has 2 aromatic heterocycles. The molecule has 3 N–H and O–H groups in total. The van der Waals surface area contributed by atoms with Gasteiger partial charge < -0.3 is 15.2 Å². The van der Waals surface area contributed by atoms with Crippen LogP contribution in [0.1, 0.15) is 32.6 Å². The molecule has 12 heteroatoms. The van der Waals surface area contributed by atoms with Gasteiger partial charge in [0, 0.05) is 42.6 Å². The lowest BCUT2D eigenvalue weighted by molar-refractivity contribution is -0.130. The number of nitrogens with zero attached hydrogens (tertiary/aromatic N) is 1. The lowest BCUT2D eigenvalue weighted by Crippen LogP contribution is -2.56. The Kier molecular flexibility index (Phi) is 10.7. The van der Waals surface area contributed by atoms with E-state index in [0.717, 1.165) is 63.0 Å². The number of H-pyrrole nitrogens is 1. The standard InChI is InChI=1S/C40H37FN4O5S2/c1-25-18-26(2)20-30(19-25)40(48)45(3)37(21-27-8-10-28(11-9-27)29-16-17-51-24-29)39(47)43-36(22-31-23-42-35-7-5-4-6-34(31)35)38(46)44-52(49,50)33-14-12-32(41)13-15-33/h4-20,23-24,36-37,42H,21-22H2,1-3H3,(H,43,47)(H,44,46)/t36-,37+/m0/s1. The van der Waals surface area contributed by atoms with Crippen molar-refractivity contribution < 1.29 is 27.2 Å². The molecule has 2 atom stereocenters. The Morgan fingerprint density at radius 1 is 0.846 bits per heavy atom. The first-order valence-electron chi connectivity index (χ1n) is 16.5. The zero-order chi connectivity index (χ0) is 37.0. The van der Waals surface area contributed by atoms with Crippen LogP contribution in [0.4, 0.5) is 4.39 Å². The van der Waals surface area contributed by atoms with E-state index in [1.54, 1.807) is 29.7 Å². The van der Waals surface area contributed by atoms with Crippen LogP contribution in [0, 0.1) is 19.7 Å². The Labute approximate surface area is 305 Å². The van der Waals surface area contributed by atoms with Crippen molar-refractivity contribution in [3.05, 3.63) is 148 Å². The molecule has 0 aliphatic carbocycles. The monoisotopic (exact) mass is 736 g/mol. The van der Waals surface area contributed by atoms with Gasteiger partial charge in [-0.1, -0.05) is 59.7 Å². The van der Waals surface area contributed by atoms with E-state index in [2.05, 4.69) is 15.0 Å². The molecule has 0 unspecified atom stereocenters. The van der Waals surface area contributed by atoms with E-state index in [1.807, 2.05) is 85.3 Å². The van der Waals surface area contributed by atoms with Gasteiger partial charge in [0.25, 0.3) is 21.8 Å². The molecule has 0 aliphatic heterocycles. The number of thiophene rings is 1. The van der Waals surface area contributed by atoms with Crippen LogP contribution >= 0.6 is 11.3 Å². The van der Waals surface area contributed by atoms with Crippen molar-refractivity contribution in [1.82, 2.24) is 19.9 Å². The normalized spacial score (nSPS) is 12.6. The number of carbonyl (C=O) groups is 3. The SMILES string of the molecule is Cc1cc(C)cc(C(=O)N(C)[C@H](Cc2ccc(-c3ccsc3)cc2)C(=O)N[C@@H](Cc2c[nH]c3ccccc23)C(=O)NS(=O)(=O)c2ccc(F)cc2)c1. The van der Waals surface area contributed by atoms with Crippen LogP contribution in [0.5, 0.6) is 0 Å². The molecule has 0 saturated heterocycles. The van der Waals surface area contributed by atoms with E-state index >= 15 is 0 Å². The fourth-order valence-corrected chi connectivity index (χ4v) is 7.89. The van der Waals surface area contributed by atoms with Crippen LogP contribution in [0.2, 0.25) is 0 Å². The van der Waals surface area contributed by atoms with E-state index < -0.39 is 45.6 Å². The molecule has 2 heterocycles. The smallest absolute Gasteiger partial charge is 0.264 e. The lowest BCUT2D eigenvalue weighted by Gasteiger charge is -2.29. The minimum absolute atomic E-state index is 0.0721. The lowest BCUT2D eigenvalue weighted by atomic mass is 9.99. The first kappa shape index (κ1) is 36.2. The Morgan fingerprint density at radius 2 is 1.54 bits per heavy atom. The van der Waals surface area contributed by atoms with Crippen LogP contribution in [0.3, 0.4) is 0 Å². The second-order valence-corrected chi connectivity index (χ2v) is 15.2. The van der Waals surface area contributed by atoms with E-state index in [0.29, 0.717) is 11.1 Å². The highest BCUT2D eigenvalue weighted by atomic mass is 32.2. The van der Waals surface area contributed by atoms with Gasteiger partial charge in [0.15, 0.2) is 0 Å². The number of amides is 3. The van der Waals surface area contributed by atoms with Crippen molar-refractivity contribution in [2.45, 2.75) is 43.7 Å². The molecule has 0 aliphatic rings. The van der Waals surface area contributed by atoms with Crippen LogP contribution in [-0.4, -0.2) is 55.2 Å². The van der Waals surface area contributed by atoms with Gasteiger partial charge in [-0.2, -0.15) is 11.3 Å². The summed E-state index contributed by atoms with van der Waals surface area (Å²) in [6, 6.07) is 24.1. The zero-order valence-corrected chi connectivity index (χ0v) is 30.4. The third-order valence-corrected chi connectivity index (χ3v) is 10.9. The van der Waals surface area contributed by atoms with Crippen molar-refractivity contribution in [2.24, 2.45) is 0 Å². The fourth-order valence-electron chi connectivity index (χ4n) is 6.21. The van der Waals surface area contributed by atoms with Crippen LogP contribution < -0.4 is 10.0 Å². The highest BCUT2D eigenvalue weighted by molar-refractivity contribution is 7.90. The van der Waals surface area contributed by atoms with Crippen molar-refractivity contribution in [3.8, 4) is 11.1 Å². The molecule has 0 spiro atoms. The molecule has 0 bridgehead atoms. The highest BCUT2D eigenvalue weighted by Gasteiger charge is 2.33. The second-order valence-electron chi connectivity index (χ2n) is 12.8. The maximum absolute atomic E-state index is 14.4. The number of halogens is 1. The van der Waals surface area contributed by atoms with Gasteiger partial charge in [-0.25, -0.2) is 17.5 Å². The number of hydrogen-bond donors (Lipinski definition) is 3. The van der Waals surface area contributed by atoms with E-state index in [-0.39, 0.29) is 17.7 Å². The maximum atomic E-state index is 14.4. The zero-order valence-electron chi connectivity index (χ0n) is 28.7. The average Bonchev–Trinajstić information content (AvgIpc) is 3.81. The van der Waals surface area contributed by atoms with Crippen LogP contribution in [0.15, 0.2) is 119 Å². The van der Waals surface area contributed by atoms with Crippen LogP contribution in [-0.2, 0) is 32.5 Å². The van der Waals surface area contributed by atoms with Crippen LogP contribution in [0.25, 0.3) is 22.0 Å². The number of nitrogens with one attached hydrogen (secondary N) is 3. The van der Waals surface area contributed by atoms with Gasteiger partial charge in [0.05, 0.1) is 4.90 Å². The molecule has 52 heavy (non-hydrogen) atoms. The summed E-state index contributed by atoms with van der Waals surface area (Å²) in [5, 5.41) is 7.61. The third kappa shape index (κ3) is 8.30. The second kappa shape index (κ2) is 15.3. The topological polar surface area (TPSA) is 128 Å². The largest absolute Gasteiger partial charge is 0.361 e. The number of carbonyl (C=O) groups excluding carboxylic acids is 3. The number of aromatic nitrogens is 1. The predicted molar refractivity (Wildman–Crippen MR) is 201 cm³/mol. The fraction of sp³-hybridized carbons (Fsp3) is 0.175. The Bertz CT molecular complexity index is 2320. The third-order valence-electron chi connectivity index (χ3n) is 8.89. The number of para-hydroxylation sites is 1. The maximum Gasteiger partial charge on any atom is 0.264 e. The summed E-state index contributed by atoms with van der Waals surface area (Å²) in [6.07, 6.45) is 1.74. The Balaban J connectivity index is 1.33. The number of rotatable bonds is 12. The summed E-state index contributed by atoms with van der Waals surface area (Å²) < 4.78 is 42.1. The van der Waals surface area contributed by atoms with Gasteiger partial charge in [-0.15, -0.1) is 0 Å². The summed E-state index contributed by atoms with van der Waals surface area (Å²) in [4.78, 5) is 46.4. The molecular weight excluding hydrogens is 700 g/mol. The average molecular weight is 737 g/mol. The summed E-state index contributed by atoms with van der Waals surface area (Å²) in [6.45, 7) is 3.77. The molecule has 9 nitrogen and oxygen atoms in total. The molecule has 0 fully saturated rings. The van der Waals surface area contributed by atoms with Gasteiger partial charge in [0.1, 0.15) is 17.9 Å². The number of benzene rings is 4. The predicted octanol–water partition coefficient (Wildman–Crippen LogP) is 6.57. The van der Waals surface area contributed by atoms with Crippen molar-refractivity contribution in [2.75, 3.05) is 7.05 Å². The Morgan fingerprint density at radius 3 is 2.21 bits per heavy atom. The molecular formula is C40H37FN4O5S2. The first-order valence-corrected chi connectivity index (χ1v) is 18.9. The van der Waals surface area contributed by atoms with Crippen molar-refractivity contribution in [1.29, 1.82) is 0 Å². The van der Waals surface area contributed by atoms with Crippen molar-refractivity contribution in [3.63, 3.8) is 0 Å². The Hall–Kier alpha value is -5.59. The molecule has 4 aromatic carbocycles. The summed E-state index contributed by atoms with van der Waals surface area (Å²) >= 11 is 1.59. The molecule has 0 saturated carbocycles. The highest BCUT2D eigenvalue weighted by Crippen LogP contribution is 2.24. The molecule has 266 valence electrons.